The van der Waals surface area contributed by atoms with Gasteiger partial charge in [0.1, 0.15) is 5.75 Å². The Bertz CT molecular complexity index is 405. The number of hydrogen-bond donors (Lipinski definition) is 1. The molecular formula is C14H19NO4. The zero-order chi connectivity index (χ0) is 14.1. The van der Waals surface area contributed by atoms with E-state index in [0.29, 0.717) is 19.6 Å². The van der Waals surface area contributed by atoms with Crippen LogP contribution in [0, 0.1) is 0 Å². The lowest BCUT2D eigenvalue weighted by molar-refractivity contribution is -0.140. The molecule has 0 fully saturated rings. The highest BCUT2D eigenvalue weighted by molar-refractivity contribution is 5.80. The van der Waals surface area contributed by atoms with Gasteiger partial charge in [0.2, 0.25) is 5.91 Å². The molecule has 0 aromatic heterocycles. The Balaban J connectivity index is 2.14. The van der Waals surface area contributed by atoms with E-state index >= 15 is 0 Å². The Morgan fingerprint density at radius 2 is 1.89 bits per heavy atom. The van der Waals surface area contributed by atoms with Crippen molar-refractivity contribution in [2.24, 2.45) is 0 Å². The summed E-state index contributed by atoms with van der Waals surface area (Å²) in [5, 5.41) is 8.49. The molecule has 0 saturated carbocycles. The normalized spacial score (nSPS) is 9.95. The Kier molecular flexibility index (Phi) is 6.43. The van der Waals surface area contributed by atoms with Crippen LogP contribution in [0.15, 0.2) is 30.3 Å². The minimum absolute atomic E-state index is 0.0470. The van der Waals surface area contributed by atoms with Gasteiger partial charge < -0.3 is 14.7 Å². The van der Waals surface area contributed by atoms with E-state index in [-0.39, 0.29) is 18.7 Å². The van der Waals surface area contributed by atoms with Crippen LogP contribution in [0.2, 0.25) is 0 Å². The summed E-state index contributed by atoms with van der Waals surface area (Å²) in [4.78, 5) is 23.4. The minimum Gasteiger partial charge on any atom is -0.494 e. The van der Waals surface area contributed by atoms with Gasteiger partial charge in [0.15, 0.2) is 0 Å². The van der Waals surface area contributed by atoms with Crippen molar-refractivity contribution in [3.05, 3.63) is 30.3 Å². The first-order valence-electron chi connectivity index (χ1n) is 6.23. The van der Waals surface area contributed by atoms with Crippen LogP contribution in [0.3, 0.4) is 0 Å². The van der Waals surface area contributed by atoms with Crippen LogP contribution < -0.4 is 4.74 Å². The summed E-state index contributed by atoms with van der Waals surface area (Å²) < 4.78 is 5.50. The lowest BCUT2D eigenvalue weighted by atomic mass is 10.3. The van der Waals surface area contributed by atoms with Crippen molar-refractivity contribution in [3.63, 3.8) is 0 Å². The van der Waals surface area contributed by atoms with E-state index in [1.807, 2.05) is 30.3 Å². The summed E-state index contributed by atoms with van der Waals surface area (Å²) in [7, 11) is 1.67. The van der Waals surface area contributed by atoms with Crippen molar-refractivity contribution >= 4 is 11.9 Å². The molecule has 0 saturated heterocycles. The number of aliphatic carboxylic acids is 1. The first-order chi connectivity index (χ1) is 9.09. The van der Waals surface area contributed by atoms with Gasteiger partial charge in [0, 0.05) is 20.0 Å². The number of carboxylic acid groups (broad SMARTS) is 1. The molecular weight excluding hydrogens is 246 g/mol. The van der Waals surface area contributed by atoms with Crippen LogP contribution in [-0.2, 0) is 9.59 Å². The largest absolute Gasteiger partial charge is 0.494 e. The van der Waals surface area contributed by atoms with Gasteiger partial charge in [-0.3, -0.25) is 9.59 Å². The van der Waals surface area contributed by atoms with E-state index in [1.165, 1.54) is 4.90 Å². The number of carboxylic acids is 1. The Labute approximate surface area is 112 Å². The molecule has 1 amide bonds. The van der Waals surface area contributed by atoms with Gasteiger partial charge in [-0.05, 0) is 18.6 Å². The lowest BCUT2D eigenvalue weighted by Gasteiger charge is -2.16. The van der Waals surface area contributed by atoms with Crippen LogP contribution in [-0.4, -0.2) is 42.1 Å². The average molecular weight is 265 g/mol. The zero-order valence-electron chi connectivity index (χ0n) is 11.0. The number of amides is 1. The molecule has 1 aromatic rings. The van der Waals surface area contributed by atoms with Gasteiger partial charge in [0.05, 0.1) is 13.0 Å². The molecule has 104 valence electrons. The molecule has 0 atom stereocenters. The van der Waals surface area contributed by atoms with Crippen molar-refractivity contribution in [1.29, 1.82) is 0 Å². The number of hydrogen-bond acceptors (Lipinski definition) is 3. The maximum atomic E-state index is 11.5. The van der Waals surface area contributed by atoms with Gasteiger partial charge in [-0.25, -0.2) is 0 Å². The van der Waals surface area contributed by atoms with Gasteiger partial charge in [-0.15, -0.1) is 0 Å². The maximum absolute atomic E-state index is 11.5. The van der Waals surface area contributed by atoms with Crippen LogP contribution >= 0.6 is 0 Å². The number of carbonyl (C=O) groups excluding carboxylic acids is 1. The van der Waals surface area contributed by atoms with E-state index in [1.54, 1.807) is 7.05 Å². The van der Waals surface area contributed by atoms with Gasteiger partial charge >= 0.3 is 5.97 Å². The van der Waals surface area contributed by atoms with Crippen LogP contribution in [0.4, 0.5) is 0 Å². The molecule has 5 nitrogen and oxygen atoms in total. The number of carbonyl (C=O) groups is 2. The second-order valence-corrected chi connectivity index (χ2v) is 4.22. The number of rotatable bonds is 8. The molecule has 0 bridgehead atoms. The Morgan fingerprint density at radius 3 is 2.53 bits per heavy atom. The molecule has 0 unspecified atom stereocenters. The SMILES string of the molecule is CN(CCCOc1ccccc1)C(=O)CCC(=O)O. The van der Waals surface area contributed by atoms with Crippen LogP contribution in [0.5, 0.6) is 5.75 Å². The lowest BCUT2D eigenvalue weighted by Crippen LogP contribution is -2.28. The first-order valence-corrected chi connectivity index (χ1v) is 6.23. The van der Waals surface area contributed by atoms with E-state index in [9.17, 15) is 9.59 Å². The Hall–Kier alpha value is -2.04. The topological polar surface area (TPSA) is 66.8 Å². The van der Waals surface area contributed by atoms with Gasteiger partial charge in [0.25, 0.3) is 0 Å². The maximum Gasteiger partial charge on any atom is 0.303 e. The standard InChI is InChI=1S/C14H19NO4/c1-15(13(16)8-9-14(17)18)10-5-11-19-12-6-3-2-4-7-12/h2-4,6-7H,5,8-11H2,1H3,(H,17,18). The molecule has 0 aliphatic heterocycles. The summed E-state index contributed by atoms with van der Waals surface area (Å²) in [6.45, 7) is 1.09. The third-order valence-electron chi connectivity index (χ3n) is 2.63. The number of nitrogens with zero attached hydrogens (tertiary/aromatic N) is 1. The summed E-state index contributed by atoms with van der Waals surface area (Å²) >= 11 is 0. The van der Waals surface area contributed by atoms with Crippen molar-refractivity contribution in [2.75, 3.05) is 20.2 Å². The summed E-state index contributed by atoms with van der Waals surface area (Å²) in [5.74, 6) is -0.293. The monoisotopic (exact) mass is 265 g/mol. The molecule has 1 rings (SSSR count). The second-order valence-electron chi connectivity index (χ2n) is 4.22. The molecule has 0 aliphatic rings. The van der Waals surface area contributed by atoms with Crippen LogP contribution in [0.1, 0.15) is 19.3 Å². The number of para-hydroxylation sites is 1. The molecule has 0 radical (unpaired) electrons. The van der Waals surface area contributed by atoms with E-state index in [4.69, 9.17) is 9.84 Å². The summed E-state index contributed by atoms with van der Waals surface area (Å²) in [6.07, 6.45) is 0.638. The molecule has 1 aromatic carbocycles. The average Bonchev–Trinajstić information content (AvgIpc) is 2.41. The molecule has 0 spiro atoms. The number of ether oxygens (including phenoxy) is 1. The third-order valence-corrected chi connectivity index (χ3v) is 2.63. The fourth-order valence-corrected chi connectivity index (χ4v) is 1.54. The quantitative estimate of drug-likeness (QED) is 0.727. The Morgan fingerprint density at radius 1 is 1.21 bits per heavy atom. The van der Waals surface area contributed by atoms with Crippen molar-refractivity contribution in [3.8, 4) is 5.75 Å². The fraction of sp³-hybridized carbons (Fsp3) is 0.429. The van der Waals surface area contributed by atoms with E-state index < -0.39 is 5.97 Å². The highest BCUT2D eigenvalue weighted by Gasteiger charge is 2.10. The predicted molar refractivity (Wildman–Crippen MR) is 71.1 cm³/mol. The smallest absolute Gasteiger partial charge is 0.303 e. The highest BCUT2D eigenvalue weighted by atomic mass is 16.5. The minimum atomic E-state index is -0.950. The molecule has 0 aliphatic carbocycles. The molecule has 1 N–H and O–H groups in total. The molecule has 19 heavy (non-hydrogen) atoms. The molecule has 0 heterocycles. The van der Waals surface area contributed by atoms with Crippen LogP contribution in [0.25, 0.3) is 0 Å². The highest BCUT2D eigenvalue weighted by Crippen LogP contribution is 2.08. The van der Waals surface area contributed by atoms with Gasteiger partial charge in [-0.1, -0.05) is 18.2 Å². The van der Waals surface area contributed by atoms with Crippen molar-refractivity contribution < 1.29 is 19.4 Å². The summed E-state index contributed by atoms with van der Waals surface area (Å²) in [5.41, 5.74) is 0. The van der Waals surface area contributed by atoms with Gasteiger partial charge in [-0.2, -0.15) is 0 Å². The van der Waals surface area contributed by atoms with Crippen molar-refractivity contribution in [1.82, 2.24) is 4.90 Å². The second kappa shape index (κ2) is 8.13. The zero-order valence-corrected chi connectivity index (χ0v) is 11.0. The fourth-order valence-electron chi connectivity index (χ4n) is 1.54. The van der Waals surface area contributed by atoms with E-state index in [2.05, 4.69) is 0 Å². The molecule has 5 heteroatoms. The number of benzene rings is 1. The predicted octanol–water partition coefficient (Wildman–Crippen LogP) is 1.78. The third kappa shape index (κ3) is 6.45. The summed E-state index contributed by atoms with van der Waals surface area (Å²) in [6, 6.07) is 9.47. The van der Waals surface area contributed by atoms with E-state index in [0.717, 1.165) is 5.75 Å². The van der Waals surface area contributed by atoms with Crippen molar-refractivity contribution in [2.45, 2.75) is 19.3 Å². The first kappa shape index (κ1) is 15.0.